The van der Waals surface area contributed by atoms with Crippen molar-refractivity contribution in [3.63, 3.8) is 0 Å². The lowest BCUT2D eigenvalue weighted by molar-refractivity contribution is -0.136. The van der Waals surface area contributed by atoms with E-state index in [9.17, 15) is 14.9 Å². The van der Waals surface area contributed by atoms with Gasteiger partial charge in [-0.25, -0.2) is 4.79 Å². The van der Waals surface area contributed by atoms with E-state index in [0.29, 0.717) is 22.9 Å². The summed E-state index contributed by atoms with van der Waals surface area (Å²) in [6.07, 6.45) is 2.20. The molecule has 2 aromatic carbocycles. The minimum absolute atomic E-state index is 0.0350. The molecule has 0 aromatic heterocycles. The minimum Gasteiger partial charge on any atom is -0.493 e. The molecule has 1 N–H and O–H groups in total. The number of esters is 1. The molecule has 32 heavy (non-hydrogen) atoms. The number of carbonyl (C=O) groups is 2. The molecule has 0 saturated carbocycles. The molecule has 0 spiro atoms. The summed E-state index contributed by atoms with van der Waals surface area (Å²) in [5.74, 6) is -0.0893. The summed E-state index contributed by atoms with van der Waals surface area (Å²) >= 11 is 6.14. The fourth-order valence-electron chi connectivity index (χ4n) is 2.79. The number of hydrogen-bond donors (Lipinski definition) is 1. The lowest BCUT2D eigenvalue weighted by atomic mass is 10.1. The van der Waals surface area contributed by atoms with Gasteiger partial charge in [-0.15, -0.1) is 0 Å². The average Bonchev–Trinajstić information content (AvgIpc) is 2.78. The Bertz CT molecular complexity index is 1050. The van der Waals surface area contributed by atoms with Gasteiger partial charge in [0.15, 0.2) is 18.1 Å². The molecule has 2 rings (SSSR count). The number of aryl methyl sites for hydroxylation is 2. The Balaban J connectivity index is 2.09. The topological polar surface area (TPSA) is 97.7 Å². The molecule has 2 aromatic rings. The van der Waals surface area contributed by atoms with Gasteiger partial charge in [0.2, 0.25) is 0 Å². The summed E-state index contributed by atoms with van der Waals surface area (Å²) in [5, 5.41) is 12.6. The number of benzene rings is 2. The van der Waals surface area contributed by atoms with Crippen molar-refractivity contribution in [2.75, 3.05) is 20.3 Å². The summed E-state index contributed by atoms with van der Waals surface area (Å²) in [5.41, 5.74) is 2.21. The van der Waals surface area contributed by atoms with Crippen LogP contribution in [-0.2, 0) is 9.59 Å². The van der Waals surface area contributed by atoms with Gasteiger partial charge in [-0.1, -0.05) is 24.6 Å². The molecule has 8 heteroatoms. The molecule has 0 aliphatic rings. The standard InChI is InChI=1S/C24H25ClN2O5/c1-5-8-27-24(29)18(13-26)11-17-6-7-20(21(12-17)30-4)32-22(28)14-31-19-9-15(2)23(25)16(3)10-19/h6-7,9-12H,5,8,14H2,1-4H3,(H,27,29)/b18-11+. The maximum atomic E-state index is 12.3. The van der Waals surface area contributed by atoms with Gasteiger partial charge in [0.1, 0.15) is 17.4 Å². The van der Waals surface area contributed by atoms with E-state index in [1.54, 1.807) is 24.3 Å². The van der Waals surface area contributed by atoms with E-state index < -0.39 is 11.9 Å². The van der Waals surface area contributed by atoms with E-state index in [0.717, 1.165) is 17.5 Å². The smallest absolute Gasteiger partial charge is 0.349 e. The number of rotatable bonds is 9. The molecule has 0 radical (unpaired) electrons. The molecule has 0 atom stereocenters. The van der Waals surface area contributed by atoms with Crippen molar-refractivity contribution < 1.29 is 23.8 Å². The van der Waals surface area contributed by atoms with Crippen LogP contribution in [0.15, 0.2) is 35.9 Å². The first-order valence-corrected chi connectivity index (χ1v) is 10.3. The van der Waals surface area contributed by atoms with Crippen molar-refractivity contribution in [3.8, 4) is 23.3 Å². The van der Waals surface area contributed by atoms with Crippen LogP contribution in [-0.4, -0.2) is 32.1 Å². The first-order valence-electron chi connectivity index (χ1n) is 9.97. The predicted octanol–water partition coefficient (Wildman–Crippen LogP) is 4.38. The first kappa shape index (κ1) is 24.8. The summed E-state index contributed by atoms with van der Waals surface area (Å²) in [6, 6.07) is 10.1. The third-order valence-electron chi connectivity index (χ3n) is 4.39. The van der Waals surface area contributed by atoms with Crippen LogP contribution in [0, 0.1) is 25.2 Å². The zero-order valence-corrected chi connectivity index (χ0v) is 19.2. The van der Waals surface area contributed by atoms with Gasteiger partial charge < -0.3 is 19.5 Å². The quantitative estimate of drug-likeness (QED) is 0.260. The number of amides is 1. The Kier molecular flexibility index (Phi) is 9.11. The Hall–Kier alpha value is -3.50. The summed E-state index contributed by atoms with van der Waals surface area (Å²) in [4.78, 5) is 24.3. The average molecular weight is 457 g/mol. The van der Waals surface area contributed by atoms with Crippen LogP contribution < -0.4 is 19.5 Å². The fraction of sp³-hybridized carbons (Fsp3) is 0.292. The molecule has 0 saturated heterocycles. The van der Waals surface area contributed by atoms with Crippen molar-refractivity contribution in [2.24, 2.45) is 0 Å². The van der Waals surface area contributed by atoms with Gasteiger partial charge in [0.05, 0.1) is 7.11 Å². The fourth-order valence-corrected chi connectivity index (χ4v) is 2.90. The molecule has 0 fully saturated rings. The number of carbonyl (C=O) groups excluding carboxylic acids is 2. The first-order chi connectivity index (χ1) is 15.3. The molecule has 0 aliphatic carbocycles. The van der Waals surface area contributed by atoms with Gasteiger partial charge in [0.25, 0.3) is 5.91 Å². The maximum absolute atomic E-state index is 12.3. The summed E-state index contributed by atoms with van der Waals surface area (Å²) < 4.78 is 16.2. The molecule has 0 heterocycles. The van der Waals surface area contributed by atoms with E-state index in [2.05, 4.69) is 5.32 Å². The SMILES string of the molecule is CCCNC(=O)/C(C#N)=C/c1ccc(OC(=O)COc2cc(C)c(Cl)c(C)c2)c(OC)c1. The van der Waals surface area contributed by atoms with Crippen LogP contribution in [0.3, 0.4) is 0 Å². The Labute approximate surface area is 192 Å². The molecule has 0 unspecified atom stereocenters. The number of nitriles is 1. The van der Waals surface area contributed by atoms with Crippen molar-refractivity contribution in [1.29, 1.82) is 5.26 Å². The number of nitrogens with zero attached hydrogens (tertiary/aromatic N) is 1. The molecule has 0 aliphatic heterocycles. The summed E-state index contributed by atoms with van der Waals surface area (Å²) in [6.45, 7) is 5.80. The number of halogens is 1. The van der Waals surface area contributed by atoms with Crippen molar-refractivity contribution >= 4 is 29.6 Å². The second-order valence-corrected chi connectivity index (χ2v) is 7.35. The minimum atomic E-state index is -0.617. The monoisotopic (exact) mass is 456 g/mol. The van der Waals surface area contributed by atoms with Crippen LogP contribution in [0.1, 0.15) is 30.0 Å². The molecule has 1 amide bonds. The molecular formula is C24H25ClN2O5. The van der Waals surface area contributed by atoms with Crippen LogP contribution in [0.25, 0.3) is 6.08 Å². The van der Waals surface area contributed by atoms with Crippen LogP contribution in [0.4, 0.5) is 0 Å². The third-order valence-corrected chi connectivity index (χ3v) is 4.99. The van der Waals surface area contributed by atoms with Crippen LogP contribution in [0.2, 0.25) is 5.02 Å². The molecule has 168 valence electrons. The lowest BCUT2D eigenvalue weighted by Gasteiger charge is -2.12. The highest BCUT2D eigenvalue weighted by atomic mass is 35.5. The van der Waals surface area contributed by atoms with Crippen molar-refractivity contribution in [3.05, 3.63) is 57.6 Å². The van der Waals surface area contributed by atoms with Crippen LogP contribution >= 0.6 is 11.6 Å². The van der Waals surface area contributed by atoms with Crippen molar-refractivity contribution in [1.82, 2.24) is 5.32 Å². The molecule has 0 bridgehead atoms. The zero-order chi connectivity index (χ0) is 23.7. The lowest BCUT2D eigenvalue weighted by Crippen LogP contribution is -2.25. The zero-order valence-electron chi connectivity index (χ0n) is 18.5. The number of hydrogen-bond acceptors (Lipinski definition) is 6. The number of ether oxygens (including phenoxy) is 3. The van der Waals surface area contributed by atoms with Crippen LogP contribution in [0.5, 0.6) is 17.2 Å². The highest BCUT2D eigenvalue weighted by Gasteiger charge is 2.14. The van der Waals surface area contributed by atoms with E-state index >= 15 is 0 Å². The third kappa shape index (κ3) is 6.76. The number of nitrogens with one attached hydrogen (secondary N) is 1. The summed E-state index contributed by atoms with van der Waals surface area (Å²) in [7, 11) is 1.43. The van der Waals surface area contributed by atoms with Gasteiger partial charge in [0, 0.05) is 11.6 Å². The molecule has 7 nitrogen and oxygen atoms in total. The number of methoxy groups -OCH3 is 1. The van der Waals surface area contributed by atoms with Gasteiger partial charge in [-0.2, -0.15) is 5.26 Å². The second-order valence-electron chi connectivity index (χ2n) is 6.97. The van der Waals surface area contributed by atoms with Gasteiger partial charge in [-0.05, 0) is 67.3 Å². The maximum Gasteiger partial charge on any atom is 0.349 e. The second kappa shape index (κ2) is 11.8. The van der Waals surface area contributed by atoms with E-state index in [-0.39, 0.29) is 23.7 Å². The van der Waals surface area contributed by atoms with Crippen molar-refractivity contribution in [2.45, 2.75) is 27.2 Å². The van der Waals surface area contributed by atoms with Gasteiger partial charge >= 0.3 is 5.97 Å². The highest BCUT2D eigenvalue weighted by molar-refractivity contribution is 6.32. The highest BCUT2D eigenvalue weighted by Crippen LogP contribution is 2.29. The van der Waals surface area contributed by atoms with E-state index in [1.165, 1.54) is 19.3 Å². The Morgan fingerprint density at radius 1 is 1.16 bits per heavy atom. The van der Waals surface area contributed by atoms with E-state index in [1.807, 2.05) is 26.8 Å². The largest absolute Gasteiger partial charge is 0.493 e. The predicted molar refractivity (Wildman–Crippen MR) is 122 cm³/mol. The van der Waals surface area contributed by atoms with E-state index in [4.69, 9.17) is 25.8 Å². The Morgan fingerprint density at radius 3 is 2.44 bits per heavy atom. The van der Waals surface area contributed by atoms with Gasteiger partial charge in [-0.3, -0.25) is 4.79 Å². The Morgan fingerprint density at radius 2 is 1.84 bits per heavy atom. The normalized spacial score (nSPS) is 10.8. The molecular weight excluding hydrogens is 432 g/mol.